The number of likely N-dealkylation sites (tertiary alicyclic amines) is 1. The van der Waals surface area contributed by atoms with Gasteiger partial charge < -0.3 is 4.90 Å². The van der Waals surface area contributed by atoms with Crippen LogP contribution in [0, 0.1) is 22.7 Å². The molecule has 0 spiro atoms. The van der Waals surface area contributed by atoms with E-state index in [0.29, 0.717) is 10.8 Å². The fraction of sp³-hybridized carbons (Fsp3) is 0.857. The van der Waals surface area contributed by atoms with E-state index in [1.54, 1.807) is 0 Å². The van der Waals surface area contributed by atoms with Crippen LogP contribution in [0.1, 0.15) is 34.1 Å². The first-order valence-electron chi connectivity index (χ1n) is 6.20. The highest BCUT2D eigenvalue weighted by Gasteiger charge is 2.72. The van der Waals surface area contributed by atoms with Crippen molar-refractivity contribution >= 4 is 0 Å². The number of hydrogen-bond donors (Lipinski definition) is 0. The second-order valence-corrected chi connectivity index (χ2v) is 6.45. The molecule has 0 bridgehead atoms. The Bertz CT molecular complexity index is 283. The van der Waals surface area contributed by atoms with Gasteiger partial charge in [0.2, 0.25) is 0 Å². The lowest BCUT2D eigenvalue weighted by Gasteiger charge is -2.35. The maximum atomic E-state index is 4.04. The van der Waals surface area contributed by atoms with Crippen LogP contribution >= 0.6 is 0 Å². The summed E-state index contributed by atoms with van der Waals surface area (Å²) in [5.41, 5.74) is 0.835. The van der Waals surface area contributed by atoms with Crippen molar-refractivity contribution < 1.29 is 0 Å². The molecule has 0 amide bonds. The lowest BCUT2D eigenvalue weighted by Crippen LogP contribution is -2.38. The Hall–Kier alpha value is -0.300. The number of hydrogen-bond acceptors (Lipinski definition) is 1. The second kappa shape index (κ2) is 3.10. The molecule has 1 nitrogen and oxygen atoms in total. The zero-order valence-corrected chi connectivity index (χ0v) is 10.9. The normalized spacial score (nSPS) is 50.3. The van der Waals surface area contributed by atoms with Gasteiger partial charge in [-0.2, -0.15) is 0 Å². The van der Waals surface area contributed by atoms with Crippen molar-refractivity contribution in [1.29, 1.82) is 0 Å². The molecule has 0 radical (unpaired) electrons. The van der Waals surface area contributed by atoms with Crippen molar-refractivity contribution in [3.63, 3.8) is 0 Å². The van der Waals surface area contributed by atoms with Gasteiger partial charge in [-0.15, -0.1) is 6.58 Å². The van der Waals surface area contributed by atoms with Crippen LogP contribution in [0.25, 0.3) is 0 Å². The molecule has 86 valence electrons. The molecule has 1 aliphatic carbocycles. The van der Waals surface area contributed by atoms with E-state index in [2.05, 4.69) is 52.3 Å². The molecule has 2 rings (SSSR count). The van der Waals surface area contributed by atoms with Crippen LogP contribution in [-0.4, -0.2) is 24.5 Å². The van der Waals surface area contributed by atoms with Gasteiger partial charge >= 0.3 is 0 Å². The van der Waals surface area contributed by atoms with E-state index in [1.807, 2.05) is 0 Å². The average Bonchev–Trinajstić information content (AvgIpc) is 2.65. The van der Waals surface area contributed by atoms with Gasteiger partial charge in [-0.25, -0.2) is 0 Å². The molecule has 2 fully saturated rings. The molecule has 0 aromatic carbocycles. The third-order valence-electron chi connectivity index (χ3n) is 5.34. The van der Waals surface area contributed by atoms with Gasteiger partial charge in [0.25, 0.3) is 0 Å². The van der Waals surface area contributed by atoms with Crippen molar-refractivity contribution in [1.82, 2.24) is 4.90 Å². The van der Waals surface area contributed by atoms with Gasteiger partial charge in [-0.3, -0.25) is 0 Å². The minimum Gasteiger partial charge on any atom is -0.302 e. The van der Waals surface area contributed by atoms with Crippen LogP contribution in [0.2, 0.25) is 0 Å². The molecule has 1 aliphatic heterocycles. The maximum Gasteiger partial charge on any atom is 0.0249 e. The summed E-state index contributed by atoms with van der Waals surface area (Å²) in [6, 6.07) is 0.734. The number of rotatable bonds is 2. The molecule has 2 aliphatic rings. The van der Waals surface area contributed by atoms with Crippen LogP contribution in [-0.2, 0) is 0 Å². The quantitative estimate of drug-likeness (QED) is 0.629. The summed E-state index contributed by atoms with van der Waals surface area (Å²) in [4.78, 5) is 2.57. The van der Waals surface area contributed by atoms with Crippen molar-refractivity contribution in [2.45, 2.75) is 40.2 Å². The summed E-state index contributed by atoms with van der Waals surface area (Å²) in [7, 11) is 2.28. The summed E-state index contributed by atoms with van der Waals surface area (Å²) in [5, 5.41) is 0. The Kier molecular flexibility index (Phi) is 2.31. The molecule has 0 unspecified atom stereocenters. The monoisotopic (exact) mass is 207 g/mol. The van der Waals surface area contributed by atoms with Gasteiger partial charge in [0.1, 0.15) is 0 Å². The molecule has 1 heteroatoms. The number of nitrogens with zero attached hydrogens (tertiary/aromatic N) is 1. The van der Waals surface area contributed by atoms with E-state index in [-0.39, 0.29) is 0 Å². The standard InChI is InChI=1S/C14H25N/c1-7-13(4)12-14(13,5)8-11(10(2)3)9-15(12)6/h7,10-12H,1,8-9H2,2-6H3/t11-,12+,13+,14-/m1/s1. The largest absolute Gasteiger partial charge is 0.302 e. The van der Waals surface area contributed by atoms with Gasteiger partial charge in [-0.05, 0) is 30.7 Å². The van der Waals surface area contributed by atoms with Gasteiger partial charge in [0.05, 0.1) is 0 Å². The first-order chi connectivity index (χ1) is 6.87. The Morgan fingerprint density at radius 1 is 1.40 bits per heavy atom. The maximum absolute atomic E-state index is 4.04. The highest BCUT2D eigenvalue weighted by atomic mass is 15.2. The van der Waals surface area contributed by atoms with Crippen molar-refractivity contribution in [2.75, 3.05) is 13.6 Å². The Balaban J connectivity index is 2.23. The fourth-order valence-electron chi connectivity index (χ4n) is 4.03. The van der Waals surface area contributed by atoms with E-state index in [1.165, 1.54) is 13.0 Å². The van der Waals surface area contributed by atoms with Crippen LogP contribution in [0.15, 0.2) is 12.7 Å². The summed E-state index contributed by atoms with van der Waals surface area (Å²) < 4.78 is 0. The highest BCUT2D eigenvalue weighted by molar-refractivity contribution is 5.30. The zero-order valence-electron chi connectivity index (χ0n) is 10.9. The Labute approximate surface area is 94.5 Å². The predicted molar refractivity (Wildman–Crippen MR) is 65.8 cm³/mol. The fourth-order valence-corrected chi connectivity index (χ4v) is 4.03. The molecule has 0 N–H and O–H groups in total. The highest BCUT2D eigenvalue weighted by Crippen LogP contribution is 2.71. The van der Waals surface area contributed by atoms with Crippen LogP contribution in [0.4, 0.5) is 0 Å². The van der Waals surface area contributed by atoms with E-state index >= 15 is 0 Å². The summed E-state index contributed by atoms with van der Waals surface area (Å²) in [5.74, 6) is 1.66. The molecule has 1 saturated heterocycles. The molecule has 4 atom stereocenters. The Morgan fingerprint density at radius 2 is 2.00 bits per heavy atom. The molecule has 1 heterocycles. The van der Waals surface area contributed by atoms with Crippen LogP contribution < -0.4 is 0 Å². The first kappa shape index (κ1) is 11.2. The lowest BCUT2D eigenvalue weighted by molar-refractivity contribution is 0.128. The van der Waals surface area contributed by atoms with Gasteiger partial charge in [0, 0.05) is 18.0 Å². The third-order valence-corrected chi connectivity index (χ3v) is 5.34. The molecule has 15 heavy (non-hydrogen) atoms. The SMILES string of the molecule is C=C[C@@]1(C)[C@@H]2N(C)C[C@H](C(C)C)C[C@]21C. The van der Waals surface area contributed by atoms with E-state index in [9.17, 15) is 0 Å². The van der Waals surface area contributed by atoms with Gasteiger partial charge in [0.15, 0.2) is 0 Å². The van der Waals surface area contributed by atoms with E-state index in [4.69, 9.17) is 0 Å². The van der Waals surface area contributed by atoms with E-state index < -0.39 is 0 Å². The number of fused-ring (bicyclic) bond motifs is 1. The molecular formula is C14H25N. The second-order valence-electron chi connectivity index (χ2n) is 6.45. The average molecular weight is 207 g/mol. The predicted octanol–water partition coefficient (Wildman–Crippen LogP) is 3.17. The van der Waals surface area contributed by atoms with E-state index in [0.717, 1.165) is 17.9 Å². The molecular weight excluding hydrogens is 182 g/mol. The third kappa shape index (κ3) is 1.25. The minimum absolute atomic E-state index is 0.353. The zero-order chi connectivity index (χ0) is 11.4. The van der Waals surface area contributed by atoms with Crippen molar-refractivity contribution in [3.05, 3.63) is 12.7 Å². The first-order valence-corrected chi connectivity index (χ1v) is 6.20. The van der Waals surface area contributed by atoms with Gasteiger partial charge in [-0.1, -0.05) is 33.8 Å². The number of piperidine rings is 1. The smallest absolute Gasteiger partial charge is 0.0249 e. The summed E-state index contributed by atoms with van der Waals surface area (Å²) in [6.45, 7) is 14.8. The summed E-state index contributed by atoms with van der Waals surface area (Å²) in [6.07, 6.45) is 3.57. The molecule has 0 aromatic rings. The minimum atomic E-state index is 0.353. The van der Waals surface area contributed by atoms with Crippen LogP contribution in [0.5, 0.6) is 0 Å². The van der Waals surface area contributed by atoms with Crippen LogP contribution in [0.3, 0.4) is 0 Å². The molecule has 0 aromatic heterocycles. The van der Waals surface area contributed by atoms with Crippen molar-refractivity contribution in [3.8, 4) is 0 Å². The van der Waals surface area contributed by atoms with Crippen molar-refractivity contribution in [2.24, 2.45) is 22.7 Å². The molecule has 1 saturated carbocycles. The topological polar surface area (TPSA) is 3.24 Å². The lowest BCUT2D eigenvalue weighted by atomic mass is 9.80. The summed E-state index contributed by atoms with van der Waals surface area (Å²) >= 11 is 0. The Morgan fingerprint density at radius 3 is 2.47 bits per heavy atom.